The Morgan fingerprint density at radius 1 is 1.47 bits per heavy atom. The molecule has 1 aromatic carbocycles. The number of ether oxygens (including phenoxy) is 1. The predicted molar refractivity (Wildman–Crippen MR) is 80.9 cm³/mol. The highest BCUT2D eigenvalue weighted by Crippen LogP contribution is 2.20. The van der Waals surface area contributed by atoms with Crippen LogP contribution in [0.25, 0.3) is 0 Å². The maximum absolute atomic E-state index is 5.54. The maximum atomic E-state index is 5.54. The van der Waals surface area contributed by atoms with Gasteiger partial charge in [0.1, 0.15) is 0 Å². The minimum atomic E-state index is 0.489. The second kappa shape index (κ2) is 6.92. The number of hydrogen-bond donors (Lipinski definition) is 1. The van der Waals surface area contributed by atoms with Crippen LogP contribution >= 0.6 is 0 Å². The van der Waals surface area contributed by atoms with E-state index in [0.29, 0.717) is 12.1 Å². The average molecular weight is 262 g/mol. The highest BCUT2D eigenvalue weighted by atomic mass is 16.5. The van der Waals surface area contributed by atoms with Crippen molar-refractivity contribution in [2.45, 2.75) is 39.3 Å². The average Bonchev–Trinajstić information content (AvgIpc) is 2.41. The number of benzene rings is 1. The molecule has 1 aromatic rings. The first-order valence-corrected chi connectivity index (χ1v) is 7.35. The zero-order chi connectivity index (χ0) is 13.7. The SMILES string of the molecule is CCN(c1cccc(C)c1)C(C)CC1COCCN1. The van der Waals surface area contributed by atoms with Crippen molar-refractivity contribution >= 4 is 5.69 Å². The molecule has 106 valence electrons. The summed E-state index contributed by atoms with van der Waals surface area (Å²) in [6, 6.07) is 9.77. The van der Waals surface area contributed by atoms with Crippen LogP contribution in [0.3, 0.4) is 0 Å². The quantitative estimate of drug-likeness (QED) is 0.882. The Labute approximate surface area is 116 Å². The molecule has 1 aliphatic heterocycles. The lowest BCUT2D eigenvalue weighted by Gasteiger charge is -2.34. The van der Waals surface area contributed by atoms with Gasteiger partial charge in [0.15, 0.2) is 0 Å². The summed E-state index contributed by atoms with van der Waals surface area (Å²) in [4.78, 5) is 2.48. The van der Waals surface area contributed by atoms with Gasteiger partial charge in [-0.05, 0) is 44.9 Å². The smallest absolute Gasteiger partial charge is 0.0621 e. The minimum Gasteiger partial charge on any atom is -0.379 e. The van der Waals surface area contributed by atoms with E-state index in [-0.39, 0.29) is 0 Å². The van der Waals surface area contributed by atoms with E-state index < -0.39 is 0 Å². The number of rotatable bonds is 5. The van der Waals surface area contributed by atoms with Crippen LogP contribution in [0.15, 0.2) is 24.3 Å². The second-order valence-electron chi connectivity index (χ2n) is 5.44. The van der Waals surface area contributed by atoms with Gasteiger partial charge in [-0.25, -0.2) is 0 Å². The third-order valence-corrected chi connectivity index (χ3v) is 3.83. The number of morpholine rings is 1. The zero-order valence-electron chi connectivity index (χ0n) is 12.4. The molecule has 1 fully saturated rings. The molecule has 0 bridgehead atoms. The first-order valence-electron chi connectivity index (χ1n) is 7.35. The molecule has 0 amide bonds. The van der Waals surface area contributed by atoms with Gasteiger partial charge in [0, 0.05) is 30.9 Å². The molecule has 2 atom stereocenters. The second-order valence-corrected chi connectivity index (χ2v) is 5.44. The summed E-state index contributed by atoms with van der Waals surface area (Å²) >= 11 is 0. The van der Waals surface area contributed by atoms with E-state index in [1.807, 2.05) is 0 Å². The van der Waals surface area contributed by atoms with Crippen molar-refractivity contribution in [3.63, 3.8) is 0 Å². The van der Waals surface area contributed by atoms with Crippen molar-refractivity contribution in [1.82, 2.24) is 5.32 Å². The van der Waals surface area contributed by atoms with E-state index in [4.69, 9.17) is 4.74 Å². The van der Waals surface area contributed by atoms with E-state index in [1.54, 1.807) is 0 Å². The maximum Gasteiger partial charge on any atom is 0.0621 e. The van der Waals surface area contributed by atoms with E-state index in [0.717, 1.165) is 32.7 Å². The van der Waals surface area contributed by atoms with Crippen molar-refractivity contribution in [1.29, 1.82) is 0 Å². The fourth-order valence-electron chi connectivity index (χ4n) is 2.87. The number of nitrogens with one attached hydrogen (secondary N) is 1. The number of nitrogens with zero attached hydrogens (tertiary/aromatic N) is 1. The summed E-state index contributed by atoms with van der Waals surface area (Å²) < 4.78 is 5.54. The van der Waals surface area contributed by atoms with E-state index >= 15 is 0 Å². The van der Waals surface area contributed by atoms with Crippen LogP contribution < -0.4 is 10.2 Å². The van der Waals surface area contributed by atoms with Crippen molar-refractivity contribution in [3.8, 4) is 0 Å². The molecule has 0 radical (unpaired) electrons. The largest absolute Gasteiger partial charge is 0.379 e. The summed E-state index contributed by atoms with van der Waals surface area (Å²) in [5, 5.41) is 3.54. The fraction of sp³-hybridized carbons (Fsp3) is 0.625. The molecule has 1 heterocycles. The van der Waals surface area contributed by atoms with E-state index in [9.17, 15) is 0 Å². The van der Waals surface area contributed by atoms with Crippen molar-refractivity contribution in [2.24, 2.45) is 0 Å². The third kappa shape index (κ3) is 3.95. The molecule has 3 nitrogen and oxygen atoms in total. The van der Waals surface area contributed by atoms with Gasteiger partial charge in [-0.1, -0.05) is 12.1 Å². The molecule has 2 unspecified atom stereocenters. The van der Waals surface area contributed by atoms with Crippen molar-refractivity contribution < 1.29 is 4.74 Å². The Kier molecular flexibility index (Phi) is 5.23. The summed E-state index contributed by atoms with van der Waals surface area (Å²) in [5.74, 6) is 0. The monoisotopic (exact) mass is 262 g/mol. The molecule has 0 spiro atoms. The molecule has 0 saturated carbocycles. The molecule has 1 saturated heterocycles. The molecule has 2 rings (SSSR count). The third-order valence-electron chi connectivity index (χ3n) is 3.83. The highest BCUT2D eigenvalue weighted by Gasteiger charge is 2.20. The van der Waals surface area contributed by atoms with Gasteiger partial charge in [0.2, 0.25) is 0 Å². The molecule has 1 aliphatic rings. The Balaban J connectivity index is 1.99. The lowest BCUT2D eigenvalue weighted by molar-refractivity contribution is 0.0722. The predicted octanol–water partition coefficient (Wildman–Crippen LogP) is 2.59. The van der Waals surface area contributed by atoms with Crippen LogP contribution in [0.2, 0.25) is 0 Å². The van der Waals surface area contributed by atoms with Crippen molar-refractivity contribution in [2.75, 3.05) is 31.2 Å². The van der Waals surface area contributed by atoms with Crippen LogP contribution in [-0.2, 0) is 4.74 Å². The number of hydrogen-bond acceptors (Lipinski definition) is 3. The fourth-order valence-corrected chi connectivity index (χ4v) is 2.87. The first kappa shape index (κ1) is 14.4. The molecule has 1 N–H and O–H groups in total. The van der Waals surface area contributed by atoms with Gasteiger partial charge in [0.05, 0.1) is 13.2 Å². The van der Waals surface area contributed by atoms with Crippen LogP contribution in [-0.4, -0.2) is 38.4 Å². The molecule has 0 aromatic heterocycles. The van der Waals surface area contributed by atoms with Gasteiger partial charge in [-0.2, -0.15) is 0 Å². The highest BCUT2D eigenvalue weighted by molar-refractivity contribution is 5.49. The van der Waals surface area contributed by atoms with Gasteiger partial charge in [-0.15, -0.1) is 0 Å². The summed E-state index contributed by atoms with van der Waals surface area (Å²) in [7, 11) is 0. The molecular weight excluding hydrogens is 236 g/mol. The Bertz CT molecular complexity index is 388. The number of aryl methyl sites for hydroxylation is 1. The zero-order valence-corrected chi connectivity index (χ0v) is 12.4. The Hall–Kier alpha value is -1.06. The molecular formula is C16H26N2O. The first-order chi connectivity index (χ1) is 9.20. The van der Waals surface area contributed by atoms with Crippen LogP contribution in [0.4, 0.5) is 5.69 Å². The number of anilines is 1. The lowest BCUT2D eigenvalue weighted by atomic mass is 10.1. The Morgan fingerprint density at radius 2 is 2.32 bits per heavy atom. The summed E-state index contributed by atoms with van der Waals surface area (Å²) in [6.07, 6.45) is 1.13. The topological polar surface area (TPSA) is 24.5 Å². The molecule has 0 aliphatic carbocycles. The van der Waals surface area contributed by atoms with Crippen LogP contribution in [0, 0.1) is 6.92 Å². The molecule has 3 heteroatoms. The van der Waals surface area contributed by atoms with Gasteiger partial charge >= 0.3 is 0 Å². The lowest BCUT2D eigenvalue weighted by Crippen LogP contribution is -2.46. The summed E-state index contributed by atoms with van der Waals surface area (Å²) in [6.45, 7) is 10.4. The normalized spacial score (nSPS) is 21.1. The van der Waals surface area contributed by atoms with Crippen LogP contribution in [0.5, 0.6) is 0 Å². The van der Waals surface area contributed by atoms with Gasteiger partial charge in [-0.3, -0.25) is 0 Å². The minimum absolute atomic E-state index is 0.489. The molecule has 19 heavy (non-hydrogen) atoms. The van der Waals surface area contributed by atoms with Gasteiger partial charge < -0.3 is 15.0 Å². The van der Waals surface area contributed by atoms with E-state index in [2.05, 4.69) is 55.3 Å². The van der Waals surface area contributed by atoms with Crippen molar-refractivity contribution in [3.05, 3.63) is 29.8 Å². The van der Waals surface area contributed by atoms with E-state index in [1.165, 1.54) is 11.3 Å². The van der Waals surface area contributed by atoms with Crippen LogP contribution in [0.1, 0.15) is 25.8 Å². The van der Waals surface area contributed by atoms with Gasteiger partial charge in [0.25, 0.3) is 0 Å². The summed E-state index contributed by atoms with van der Waals surface area (Å²) in [5.41, 5.74) is 2.65. The Morgan fingerprint density at radius 3 is 2.95 bits per heavy atom. The standard InChI is InChI=1S/C16H26N2O/c1-4-18(16-7-5-6-13(2)10-16)14(3)11-15-12-19-9-8-17-15/h5-7,10,14-15,17H,4,8-9,11-12H2,1-3H3.